The van der Waals surface area contributed by atoms with Gasteiger partial charge in [-0.25, -0.2) is 9.69 Å². The third kappa shape index (κ3) is 3.39. The molecule has 3 aliphatic rings. The highest BCUT2D eigenvalue weighted by Gasteiger charge is 2.59. The lowest BCUT2D eigenvalue weighted by Crippen LogP contribution is -2.33. The van der Waals surface area contributed by atoms with Gasteiger partial charge >= 0.3 is 5.97 Å². The van der Waals surface area contributed by atoms with Crippen molar-refractivity contribution >= 4 is 35.1 Å². The average molecular weight is 430 g/mol. The van der Waals surface area contributed by atoms with E-state index in [4.69, 9.17) is 4.74 Å². The first-order valence-corrected chi connectivity index (χ1v) is 10.6. The molecule has 32 heavy (non-hydrogen) atoms. The molecule has 3 amide bonds. The van der Waals surface area contributed by atoms with Crippen LogP contribution < -0.4 is 10.2 Å². The van der Waals surface area contributed by atoms with Crippen LogP contribution in [0, 0.1) is 30.6 Å². The highest BCUT2D eigenvalue weighted by molar-refractivity contribution is 6.23. The first-order chi connectivity index (χ1) is 15.4. The summed E-state index contributed by atoms with van der Waals surface area (Å²) in [6, 6.07) is 13.5. The van der Waals surface area contributed by atoms with Crippen LogP contribution in [0.25, 0.3) is 0 Å². The predicted octanol–water partition coefficient (Wildman–Crippen LogP) is 3.10. The van der Waals surface area contributed by atoms with E-state index in [0.29, 0.717) is 11.4 Å². The van der Waals surface area contributed by atoms with Crippen LogP contribution >= 0.6 is 0 Å². The van der Waals surface area contributed by atoms with Crippen molar-refractivity contribution in [2.24, 2.45) is 23.7 Å². The smallest absolute Gasteiger partial charge is 0.338 e. The standard InChI is InChI=1S/C25H22N2O5/c1-14-5-9-18(10-6-14)26-20(28)13-32-25(31)17-3-2-4-19(12-17)27-23(29)21-15-7-8-16(11-15)22(21)24(27)30/h2-10,12,15-16,21-22H,11,13H2,1H3,(H,26,28)/t15-,16-,21-,22-/m0/s1. The van der Waals surface area contributed by atoms with Gasteiger partial charge in [0.05, 0.1) is 23.1 Å². The quantitative estimate of drug-likeness (QED) is 0.447. The zero-order valence-electron chi connectivity index (χ0n) is 17.5. The fraction of sp³-hybridized carbons (Fsp3) is 0.280. The maximum absolute atomic E-state index is 13.0. The maximum Gasteiger partial charge on any atom is 0.338 e. The number of carbonyl (C=O) groups is 4. The molecule has 0 radical (unpaired) electrons. The molecular weight excluding hydrogens is 408 g/mol. The summed E-state index contributed by atoms with van der Waals surface area (Å²) < 4.78 is 5.13. The molecule has 7 heteroatoms. The van der Waals surface area contributed by atoms with Crippen LogP contribution in [0.15, 0.2) is 60.7 Å². The predicted molar refractivity (Wildman–Crippen MR) is 117 cm³/mol. The fourth-order valence-corrected chi connectivity index (χ4v) is 4.98. The maximum atomic E-state index is 13.0. The Morgan fingerprint density at radius 1 is 1.00 bits per heavy atom. The van der Waals surface area contributed by atoms with Crippen molar-refractivity contribution in [3.63, 3.8) is 0 Å². The lowest BCUT2D eigenvalue weighted by Gasteiger charge is -2.18. The number of fused-ring (bicyclic) bond motifs is 5. The van der Waals surface area contributed by atoms with E-state index in [2.05, 4.69) is 5.32 Å². The zero-order valence-corrected chi connectivity index (χ0v) is 17.5. The third-order valence-electron chi connectivity index (χ3n) is 6.48. The molecule has 5 rings (SSSR count). The van der Waals surface area contributed by atoms with E-state index < -0.39 is 18.5 Å². The van der Waals surface area contributed by atoms with Gasteiger partial charge in [-0.3, -0.25) is 14.4 Å². The summed E-state index contributed by atoms with van der Waals surface area (Å²) in [6.45, 7) is 1.50. The minimum Gasteiger partial charge on any atom is -0.452 e. The third-order valence-corrected chi connectivity index (χ3v) is 6.48. The molecule has 1 saturated heterocycles. The molecule has 1 N–H and O–H groups in total. The van der Waals surface area contributed by atoms with Gasteiger partial charge in [0.1, 0.15) is 0 Å². The Kier molecular flexibility index (Phi) is 4.89. The Morgan fingerprint density at radius 3 is 2.31 bits per heavy atom. The normalized spacial score (nSPS) is 25.2. The van der Waals surface area contributed by atoms with Gasteiger partial charge in [0.25, 0.3) is 5.91 Å². The molecule has 0 spiro atoms. The number of nitrogens with zero attached hydrogens (tertiary/aromatic N) is 1. The number of allylic oxidation sites excluding steroid dienone is 2. The molecule has 2 aliphatic carbocycles. The molecule has 1 aliphatic heterocycles. The van der Waals surface area contributed by atoms with Gasteiger partial charge in [0.15, 0.2) is 6.61 Å². The number of hydrogen-bond acceptors (Lipinski definition) is 5. The number of amides is 3. The first-order valence-electron chi connectivity index (χ1n) is 10.6. The Morgan fingerprint density at radius 2 is 1.66 bits per heavy atom. The van der Waals surface area contributed by atoms with Crippen LogP contribution in [-0.2, 0) is 19.1 Å². The number of aryl methyl sites for hydroxylation is 1. The van der Waals surface area contributed by atoms with E-state index in [1.807, 2.05) is 31.2 Å². The van der Waals surface area contributed by atoms with E-state index in [1.54, 1.807) is 24.3 Å². The topological polar surface area (TPSA) is 92.8 Å². The number of hydrogen-bond donors (Lipinski definition) is 1. The van der Waals surface area contributed by atoms with Crippen molar-refractivity contribution in [1.29, 1.82) is 0 Å². The number of ether oxygens (including phenoxy) is 1. The lowest BCUT2D eigenvalue weighted by molar-refractivity contribution is -0.123. The van der Waals surface area contributed by atoms with Gasteiger partial charge in [0, 0.05) is 5.69 Å². The van der Waals surface area contributed by atoms with Gasteiger partial charge in [-0.15, -0.1) is 0 Å². The Hall–Kier alpha value is -3.74. The molecule has 2 aromatic carbocycles. The number of imide groups is 1. The summed E-state index contributed by atoms with van der Waals surface area (Å²) in [4.78, 5) is 51.7. The Bertz CT molecular complexity index is 1120. The molecule has 1 heterocycles. The van der Waals surface area contributed by atoms with Crippen LogP contribution in [0.4, 0.5) is 11.4 Å². The zero-order chi connectivity index (χ0) is 22.4. The summed E-state index contributed by atoms with van der Waals surface area (Å²) >= 11 is 0. The van der Waals surface area contributed by atoms with Gasteiger partial charge in [-0.2, -0.15) is 0 Å². The van der Waals surface area contributed by atoms with E-state index in [0.717, 1.165) is 12.0 Å². The number of carbonyl (C=O) groups excluding carboxylic acids is 4. The van der Waals surface area contributed by atoms with Crippen LogP contribution in [0.2, 0.25) is 0 Å². The van der Waals surface area contributed by atoms with Crippen molar-refractivity contribution < 1.29 is 23.9 Å². The first kappa shape index (κ1) is 20.2. The van der Waals surface area contributed by atoms with Crippen LogP contribution in [0.3, 0.4) is 0 Å². The van der Waals surface area contributed by atoms with Crippen molar-refractivity contribution in [3.05, 3.63) is 71.8 Å². The second-order valence-corrected chi connectivity index (χ2v) is 8.55. The molecule has 2 fully saturated rings. The molecule has 0 unspecified atom stereocenters. The van der Waals surface area contributed by atoms with Crippen molar-refractivity contribution in [2.75, 3.05) is 16.8 Å². The molecule has 0 aromatic heterocycles. The Balaban J connectivity index is 1.25. The van der Waals surface area contributed by atoms with Crippen molar-refractivity contribution in [2.45, 2.75) is 13.3 Å². The van der Waals surface area contributed by atoms with E-state index in [-0.39, 0.29) is 41.0 Å². The van der Waals surface area contributed by atoms with Crippen LogP contribution in [-0.4, -0.2) is 30.3 Å². The highest BCUT2D eigenvalue weighted by atomic mass is 16.5. The largest absolute Gasteiger partial charge is 0.452 e. The number of rotatable bonds is 5. The summed E-state index contributed by atoms with van der Waals surface area (Å²) in [7, 11) is 0. The number of benzene rings is 2. The monoisotopic (exact) mass is 430 g/mol. The fourth-order valence-electron chi connectivity index (χ4n) is 4.98. The molecular formula is C25H22N2O5. The van der Waals surface area contributed by atoms with Crippen LogP contribution in [0.1, 0.15) is 22.3 Å². The van der Waals surface area contributed by atoms with Gasteiger partial charge in [-0.05, 0) is 55.5 Å². The van der Waals surface area contributed by atoms with Crippen LogP contribution in [0.5, 0.6) is 0 Å². The SMILES string of the molecule is Cc1ccc(NC(=O)COC(=O)c2cccc(N3C(=O)[C@@H]4[C@@H](C3=O)[C@H]3C=C[C@H]4C3)c2)cc1. The van der Waals surface area contributed by atoms with Crippen molar-refractivity contribution in [1.82, 2.24) is 0 Å². The molecule has 2 bridgehead atoms. The van der Waals surface area contributed by atoms with E-state index >= 15 is 0 Å². The van der Waals surface area contributed by atoms with Gasteiger partial charge in [0.2, 0.25) is 11.8 Å². The molecule has 162 valence electrons. The Labute approximate surface area is 185 Å². The van der Waals surface area contributed by atoms with Gasteiger partial charge in [-0.1, -0.05) is 35.9 Å². The molecule has 4 atom stereocenters. The minimum absolute atomic E-state index is 0.117. The summed E-state index contributed by atoms with van der Waals surface area (Å²) in [6.07, 6.45) is 4.93. The van der Waals surface area contributed by atoms with E-state index in [1.165, 1.54) is 17.0 Å². The van der Waals surface area contributed by atoms with Gasteiger partial charge < -0.3 is 10.1 Å². The molecule has 2 aromatic rings. The summed E-state index contributed by atoms with van der Waals surface area (Å²) in [5.41, 5.74) is 2.20. The second kappa shape index (κ2) is 7.75. The second-order valence-electron chi connectivity index (χ2n) is 8.55. The molecule has 7 nitrogen and oxygen atoms in total. The summed E-state index contributed by atoms with van der Waals surface area (Å²) in [5, 5.41) is 2.66. The minimum atomic E-state index is -0.702. The van der Waals surface area contributed by atoms with Crippen molar-refractivity contribution in [3.8, 4) is 0 Å². The number of anilines is 2. The number of nitrogens with one attached hydrogen (secondary N) is 1. The van der Waals surface area contributed by atoms with E-state index in [9.17, 15) is 19.2 Å². The number of esters is 1. The molecule has 1 saturated carbocycles. The highest BCUT2D eigenvalue weighted by Crippen LogP contribution is 2.53. The summed E-state index contributed by atoms with van der Waals surface area (Å²) in [5.74, 6) is -1.96. The average Bonchev–Trinajstić information content (AvgIpc) is 3.47. The lowest BCUT2D eigenvalue weighted by atomic mass is 9.85.